The highest BCUT2D eigenvalue weighted by molar-refractivity contribution is 6.30. The monoisotopic (exact) mass is 621 g/mol. The molecule has 1 saturated carbocycles. The molecule has 3 fully saturated rings. The summed E-state index contributed by atoms with van der Waals surface area (Å²) in [4.78, 5) is 43.5. The largest absolute Gasteiger partial charge is 0.506 e. The number of allylic oxidation sites excluding steroid dienone is 1. The van der Waals surface area contributed by atoms with Crippen LogP contribution in [0.15, 0.2) is 36.7 Å². The number of amides is 2. The van der Waals surface area contributed by atoms with Gasteiger partial charge in [0, 0.05) is 49.2 Å². The van der Waals surface area contributed by atoms with Gasteiger partial charge >= 0.3 is 6.09 Å². The highest BCUT2D eigenvalue weighted by atomic mass is 35.5. The van der Waals surface area contributed by atoms with Crippen LogP contribution in [0.2, 0.25) is 5.02 Å². The smallest absolute Gasteiger partial charge is 0.410 e. The molecule has 236 valence electrons. The molecule has 2 amide bonds. The van der Waals surface area contributed by atoms with E-state index in [1.165, 1.54) is 12.7 Å². The Balaban J connectivity index is 1.31. The molecule has 6 rings (SSSR count). The highest BCUT2D eigenvalue weighted by Gasteiger charge is 2.55. The number of likely N-dealkylation sites (tertiary alicyclic amines) is 1. The van der Waals surface area contributed by atoms with E-state index in [0.29, 0.717) is 43.4 Å². The van der Waals surface area contributed by atoms with Crippen LogP contribution in [0.4, 0.5) is 10.6 Å². The molecule has 0 bridgehead atoms. The van der Waals surface area contributed by atoms with Crippen molar-refractivity contribution in [2.24, 2.45) is 5.41 Å². The number of rotatable bonds is 4. The van der Waals surface area contributed by atoms with E-state index in [4.69, 9.17) is 16.3 Å². The topological polar surface area (TPSA) is 99.1 Å². The van der Waals surface area contributed by atoms with Crippen molar-refractivity contribution in [1.82, 2.24) is 19.8 Å². The standard InChI is InChI=1S/C34H44ClN5O4/c1-22-20-25(41)28-26(22)30(37-21-36-28)38-16-18-39(19-17-38)31(42)27(23-8-10-24(35)11-9-23)29-34(12-6-5-7-13-34)14-15-40(29)32(43)44-33(2,3)4/h8-11,20-22,27,29,41H,5-7,12-19H2,1-4H3/t22-,27+,29-/m1/s1. The lowest BCUT2D eigenvalue weighted by Crippen LogP contribution is -2.56. The number of ether oxygens (including phenoxy) is 1. The van der Waals surface area contributed by atoms with Crippen molar-refractivity contribution < 1.29 is 19.4 Å². The Morgan fingerprint density at radius 3 is 2.34 bits per heavy atom. The van der Waals surface area contributed by atoms with Crippen molar-refractivity contribution in [3.8, 4) is 0 Å². The first-order chi connectivity index (χ1) is 21.0. The molecule has 4 aliphatic rings. The van der Waals surface area contributed by atoms with Gasteiger partial charge < -0.3 is 24.5 Å². The van der Waals surface area contributed by atoms with Gasteiger partial charge in [0.15, 0.2) is 0 Å². The van der Waals surface area contributed by atoms with Crippen molar-refractivity contribution >= 4 is 35.2 Å². The van der Waals surface area contributed by atoms with E-state index in [0.717, 1.165) is 49.0 Å². The van der Waals surface area contributed by atoms with E-state index >= 15 is 0 Å². The average Bonchev–Trinajstić information content (AvgIpc) is 3.50. The highest BCUT2D eigenvalue weighted by Crippen LogP contribution is 2.53. The Bertz CT molecular complexity index is 1420. The van der Waals surface area contributed by atoms with Crippen LogP contribution in [0.1, 0.15) is 94.9 Å². The van der Waals surface area contributed by atoms with Crippen LogP contribution >= 0.6 is 11.6 Å². The minimum Gasteiger partial charge on any atom is -0.506 e. The van der Waals surface area contributed by atoms with Crippen LogP contribution in [0.3, 0.4) is 0 Å². The van der Waals surface area contributed by atoms with E-state index < -0.39 is 11.5 Å². The van der Waals surface area contributed by atoms with Crippen LogP contribution in [0.5, 0.6) is 0 Å². The van der Waals surface area contributed by atoms with E-state index in [9.17, 15) is 14.7 Å². The number of nitrogens with zero attached hydrogens (tertiary/aromatic N) is 5. The summed E-state index contributed by atoms with van der Waals surface area (Å²) in [5, 5.41) is 11.0. The normalized spacial score (nSPS) is 23.8. The molecule has 2 aliphatic carbocycles. The van der Waals surface area contributed by atoms with Gasteiger partial charge in [0.05, 0.1) is 12.0 Å². The SMILES string of the molecule is C[C@@H]1C=C(O)c2ncnc(N3CCN(C(=O)[C@@H](c4ccc(Cl)cc4)[C@H]4N(C(=O)OC(C)(C)C)CCC45CCCCC5)CC3)c21. The zero-order valence-electron chi connectivity index (χ0n) is 26.3. The number of fused-ring (bicyclic) bond motifs is 1. The zero-order chi connectivity index (χ0) is 31.2. The molecule has 0 unspecified atom stereocenters. The summed E-state index contributed by atoms with van der Waals surface area (Å²) in [5.41, 5.74) is 1.64. The van der Waals surface area contributed by atoms with Crippen LogP contribution in [-0.4, -0.2) is 81.2 Å². The fourth-order valence-electron chi connectivity index (χ4n) is 7.95. The van der Waals surface area contributed by atoms with Gasteiger partial charge in [0.2, 0.25) is 5.91 Å². The number of carbonyl (C=O) groups excluding carboxylic acids is 2. The number of aromatic nitrogens is 2. The number of aliphatic hydroxyl groups excluding tert-OH is 1. The fourth-order valence-corrected chi connectivity index (χ4v) is 8.07. The van der Waals surface area contributed by atoms with Crippen molar-refractivity contribution in [1.29, 1.82) is 0 Å². The molecule has 1 aromatic heterocycles. The Labute approximate surface area is 265 Å². The van der Waals surface area contributed by atoms with Gasteiger partial charge in [-0.2, -0.15) is 0 Å². The van der Waals surface area contributed by atoms with Gasteiger partial charge in [-0.1, -0.05) is 49.9 Å². The average molecular weight is 622 g/mol. The lowest BCUT2D eigenvalue weighted by molar-refractivity contribution is -0.136. The summed E-state index contributed by atoms with van der Waals surface area (Å²) in [5.74, 6) is 0.535. The number of hydrogen-bond donors (Lipinski definition) is 1. The Morgan fingerprint density at radius 1 is 1.00 bits per heavy atom. The second kappa shape index (κ2) is 11.9. The number of hydrogen-bond acceptors (Lipinski definition) is 7. The summed E-state index contributed by atoms with van der Waals surface area (Å²) >= 11 is 6.32. The maximum Gasteiger partial charge on any atom is 0.410 e. The summed E-state index contributed by atoms with van der Waals surface area (Å²) < 4.78 is 5.93. The van der Waals surface area contributed by atoms with Crippen LogP contribution in [-0.2, 0) is 9.53 Å². The Kier molecular flexibility index (Phi) is 8.28. The zero-order valence-corrected chi connectivity index (χ0v) is 27.0. The second-order valence-electron chi connectivity index (χ2n) is 13.9. The molecule has 2 aliphatic heterocycles. The third kappa shape index (κ3) is 5.75. The molecular weight excluding hydrogens is 578 g/mol. The quantitative estimate of drug-likeness (QED) is 0.414. The summed E-state index contributed by atoms with van der Waals surface area (Å²) in [7, 11) is 0. The fraction of sp³-hybridized carbons (Fsp3) is 0.588. The number of benzene rings is 1. The molecule has 10 heteroatoms. The van der Waals surface area contributed by atoms with E-state index in [2.05, 4.69) is 14.9 Å². The Hall–Kier alpha value is -3.33. The molecule has 2 saturated heterocycles. The minimum atomic E-state index is -0.634. The van der Waals surface area contributed by atoms with Crippen molar-refractivity contribution in [2.45, 2.75) is 89.7 Å². The van der Waals surface area contributed by atoms with Gasteiger partial charge in [-0.3, -0.25) is 4.79 Å². The van der Waals surface area contributed by atoms with Gasteiger partial charge in [-0.15, -0.1) is 0 Å². The predicted molar refractivity (Wildman–Crippen MR) is 171 cm³/mol. The predicted octanol–water partition coefficient (Wildman–Crippen LogP) is 6.54. The summed E-state index contributed by atoms with van der Waals surface area (Å²) in [6, 6.07) is 7.29. The maximum absolute atomic E-state index is 14.8. The van der Waals surface area contributed by atoms with Crippen LogP contribution in [0, 0.1) is 5.41 Å². The molecule has 44 heavy (non-hydrogen) atoms. The lowest BCUT2D eigenvalue weighted by atomic mass is 9.64. The first-order valence-electron chi connectivity index (χ1n) is 16.0. The molecule has 9 nitrogen and oxygen atoms in total. The van der Waals surface area contributed by atoms with Gasteiger partial charge in [-0.05, 0) is 69.2 Å². The van der Waals surface area contributed by atoms with Gasteiger partial charge in [-0.25, -0.2) is 14.8 Å². The molecule has 0 radical (unpaired) electrons. The minimum absolute atomic E-state index is 0.0167. The number of piperazine rings is 1. The second-order valence-corrected chi connectivity index (χ2v) is 14.4. The Morgan fingerprint density at radius 2 is 1.68 bits per heavy atom. The molecule has 1 N–H and O–H groups in total. The van der Waals surface area contributed by atoms with Crippen LogP contribution < -0.4 is 4.90 Å². The number of halogens is 1. The third-order valence-corrected chi connectivity index (χ3v) is 10.2. The molecule has 1 aromatic carbocycles. The molecular formula is C34H44ClN5O4. The van der Waals surface area contributed by atoms with Crippen molar-refractivity contribution in [3.63, 3.8) is 0 Å². The first-order valence-corrected chi connectivity index (χ1v) is 16.4. The van der Waals surface area contributed by atoms with Crippen molar-refractivity contribution in [2.75, 3.05) is 37.6 Å². The summed E-state index contributed by atoms with van der Waals surface area (Å²) in [6.45, 7) is 10.6. The molecule has 3 heterocycles. The molecule has 1 spiro atoms. The van der Waals surface area contributed by atoms with Gasteiger partial charge in [0.25, 0.3) is 0 Å². The first kappa shape index (κ1) is 30.7. The van der Waals surface area contributed by atoms with E-state index in [1.807, 2.05) is 61.8 Å². The number of anilines is 1. The lowest BCUT2D eigenvalue weighted by Gasteiger charge is -2.46. The van der Waals surface area contributed by atoms with Crippen LogP contribution in [0.25, 0.3) is 5.76 Å². The molecule has 3 atom stereocenters. The number of carbonyl (C=O) groups is 2. The summed E-state index contributed by atoms with van der Waals surface area (Å²) in [6.07, 6.45) is 9.22. The van der Waals surface area contributed by atoms with E-state index in [1.54, 1.807) is 6.08 Å². The molecule has 2 aromatic rings. The third-order valence-electron chi connectivity index (χ3n) is 9.96. The van der Waals surface area contributed by atoms with Gasteiger partial charge in [0.1, 0.15) is 29.2 Å². The maximum atomic E-state index is 14.8. The van der Waals surface area contributed by atoms with Crippen molar-refractivity contribution in [3.05, 3.63) is 58.5 Å². The number of aliphatic hydroxyl groups is 1. The van der Waals surface area contributed by atoms with E-state index in [-0.39, 0.29) is 35.1 Å².